The summed E-state index contributed by atoms with van der Waals surface area (Å²) < 4.78 is 0. The Morgan fingerprint density at radius 2 is 2.08 bits per heavy atom. The third-order valence-electron chi connectivity index (χ3n) is 4.87. The van der Waals surface area contributed by atoms with Gasteiger partial charge in [-0.25, -0.2) is 0 Å². The van der Waals surface area contributed by atoms with E-state index in [1.807, 2.05) is 43.0 Å². The summed E-state index contributed by atoms with van der Waals surface area (Å²) in [5.74, 6) is 0.179. The van der Waals surface area contributed by atoms with Crippen LogP contribution in [0.3, 0.4) is 0 Å². The molecule has 132 valence electrons. The van der Waals surface area contributed by atoms with E-state index >= 15 is 0 Å². The summed E-state index contributed by atoms with van der Waals surface area (Å²) in [5.41, 5.74) is 3.46. The molecule has 0 saturated carbocycles. The van der Waals surface area contributed by atoms with Crippen LogP contribution >= 0.6 is 0 Å². The number of aromatic nitrogens is 1. The van der Waals surface area contributed by atoms with Gasteiger partial charge in [0.15, 0.2) is 0 Å². The second kappa shape index (κ2) is 7.21. The van der Waals surface area contributed by atoms with E-state index in [1.54, 1.807) is 11.9 Å². The lowest BCUT2D eigenvalue weighted by molar-refractivity contribution is -0.133. The molecule has 0 unspecified atom stereocenters. The summed E-state index contributed by atoms with van der Waals surface area (Å²) >= 11 is 0. The highest BCUT2D eigenvalue weighted by atomic mass is 16.2. The molecule has 1 saturated heterocycles. The molecule has 0 spiro atoms. The maximum absolute atomic E-state index is 13.0. The van der Waals surface area contributed by atoms with Gasteiger partial charge >= 0.3 is 0 Å². The number of para-hydroxylation sites is 1. The molecule has 1 aromatic carbocycles. The van der Waals surface area contributed by atoms with E-state index in [9.17, 15) is 9.59 Å². The summed E-state index contributed by atoms with van der Waals surface area (Å²) in [6, 6.07) is 7.77. The van der Waals surface area contributed by atoms with Gasteiger partial charge in [0.2, 0.25) is 5.91 Å². The molecule has 0 bridgehead atoms. The van der Waals surface area contributed by atoms with Crippen LogP contribution in [0.4, 0.5) is 0 Å². The van der Waals surface area contributed by atoms with Gasteiger partial charge < -0.3 is 9.80 Å². The topological polar surface area (TPSA) is 53.5 Å². The van der Waals surface area contributed by atoms with Gasteiger partial charge in [-0.15, -0.1) is 0 Å². The normalized spacial score (nSPS) is 14.8. The largest absolute Gasteiger partial charge is 0.341 e. The minimum absolute atomic E-state index is 0.0226. The minimum atomic E-state index is -0.0226. The number of amides is 2. The molecule has 5 heteroatoms. The fourth-order valence-electron chi connectivity index (χ4n) is 3.37. The van der Waals surface area contributed by atoms with Gasteiger partial charge in [0.05, 0.1) is 11.1 Å². The van der Waals surface area contributed by atoms with Crippen molar-refractivity contribution in [2.45, 2.75) is 33.1 Å². The highest BCUT2D eigenvalue weighted by Gasteiger charge is 2.21. The summed E-state index contributed by atoms with van der Waals surface area (Å²) in [5, 5.41) is 0.886. The SMILES string of the molecule is Cc1cc(C(=O)N(C)CCN2CCCCC2=O)c2cccc(C)c2n1. The van der Waals surface area contributed by atoms with Crippen molar-refractivity contribution < 1.29 is 9.59 Å². The molecule has 5 nitrogen and oxygen atoms in total. The minimum Gasteiger partial charge on any atom is -0.341 e. The van der Waals surface area contributed by atoms with Crippen molar-refractivity contribution in [3.63, 3.8) is 0 Å². The van der Waals surface area contributed by atoms with Crippen molar-refractivity contribution in [2.75, 3.05) is 26.7 Å². The number of carbonyl (C=O) groups excluding carboxylic acids is 2. The van der Waals surface area contributed by atoms with Crippen LogP contribution in [0.1, 0.15) is 40.9 Å². The Balaban J connectivity index is 1.79. The van der Waals surface area contributed by atoms with E-state index in [2.05, 4.69) is 4.98 Å². The van der Waals surface area contributed by atoms with Crippen LogP contribution in [0.2, 0.25) is 0 Å². The average molecular weight is 339 g/mol. The zero-order valence-corrected chi connectivity index (χ0v) is 15.2. The lowest BCUT2D eigenvalue weighted by Gasteiger charge is -2.29. The molecule has 2 heterocycles. The van der Waals surface area contributed by atoms with Crippen molar-refractivity contribution >= 4 is 22.7 Å². The smallest absolute Gasteiger partial charge is 0.254 e. The fraction of sp³-hybridized carbons (Fsp3) is 0.450. The number of aryl methyl sites for hydroxylation is 2. The van der Waals surface area contributed by atoms with Crippen LogP contribution in [-0.4, -0.2) is 53.3 Å². The van der Waals surface area contributed by atoms with Crippen LogP contribution in [-0.2, 0) is 4.79 Å². The number of nitrogens with zero attached hydrogens (tertiary/aromatic N) is 3. The van der Waals surface area contributed by atoms with E-state index in [-0.39, 0.29) is 11.8 Å². The lowest BCUT2D eigenvalue weighted by Crippen LogP contribution is -2.41. The van der Waals surface area contributed by atoms with Crippen molar-refractivity contribution in [3.8, 4) is 0 Å². The number of piperidine rings is 1. The number of carbonyl (C=O) groups is 2. The molecule has 0 aliphatic carbocycles. The first kappa shape index (κ1) is 17.4. The third kappa shape index (κ3) is 3.65. The second-order valence-electron chi connectivity index (χ2n) is 6.85. The van der Waals surface area contributed by atoms with Crippen molar-refractivity contribution in [2.24, 2.45) is 0 Å². The fourth-order valence-corrected chi connectivity index (χ4v) is 3.37. The molecule has 2 aromatic rings. The summed E-state index contributed by atoms with van der Waals surface area (Å²) in [6.45, 7) is 5.86. The van der Waals surface area contributed by atoms with E-state index in [4.69, 9.17) is 0 Å². The predicted octanol–water partition coefficient (Wildman–Crippen LogP) is 2.94. The Labute approximate surface area is 148 Å². The number of rotatable bonds is 4. The van der Waals surface area contributed by atoms with Gasteiger partial charge in [-0.3, -0.25) is 14.6 Å². The van der Waals surface area contributed by atoms with Gasteiger partial charge in [-0.05, 0) is 38.3 Å². The first-order chi connectivity index (χ1) is 12.0. The Hall–Kier alpha value is -2.43. The maximum Gasteiger partial charge on any atom is 0.254 e. The number of likely N-dealkylation sites (tertiary alicyclic amines) is 1. The van der Waals surface area contributed by atoms with Gasteiger partial charge in [0.25, 0.3) is 5.91 Å². The Bertz CT molecular complexity index is 816. The molecule has 1 aromatic heterocycles. The van der Waals surface area contributed by atoms with Crippen LogP contribution < -0.4 is 0 Å². The highest BCUT2D eigenvalue weighted by Crippen LogP contribution is 2.22. The summed E-state index contributed by atoms with van der Waals surface area (Å²) in [4.78, 5) is 33.0. The number of benzene rings is 1. The van der Waals surface area contributed by atoms with E-state index in [1.165, 1.54) is 0 Å². The molecule has 2 amide bonds. The molecule has 1 fully saturated rings. The molecule has 25 heavy (non-hydrogen) atoms. The molecule has 1 aliphatic rings. The van der Waals surface area contributed by atoms with Crippen LogP contribution in [0.5, 0.6) is 0 Å². The number of pyridine rings is 1. The Morgan fingerprint density at radius 3 is 2.84 bits per heavy atom. The molecule has 0 atom stereocenters. The zero-order valence-electron chi connectivity index (χ0n) is 15.2. The van der Waals surface area contributed by atoms with Crippen molar-refractivity contribution in [1.82, 2.24) is 14.8 Å². The Morgan fingerprint density at radius 1 is 1.28 bits per heavy atom. The maximum atomic E-state index is 13.0. The zero-order chi connectivity index (χ0) is 18.0. The van der Waals surface area contributed by atoms with Gasteiger partial charge in [-0.2, -0.15) is 0 Å². The van der Waals surface area contributed by atoms with Crippen LogP contribution in [0.15, 0.2) is 24.3 Å². The molecule has 0 radical (unpaired) electrons. The van der Waals surface area contributed by atoms with Crippen molar-refractivity contribution in [1.29, 1.82) is 0 Å². The highest BCUT2D eigenvalue weighted by molar-refractivity contribution is 6.06. The predicted molar refractivity (Wildman–Crippen MR) is 98.6 cm³/mol. The van der Waals surface area contributed by atoms with Gasteiger partial charge in [0.1, 0.15) is 0 Å². The van der Waals surface area contributed by atoms with Crippen LogP contribution in [0.25, 0.3) is 10.9 Å². The summed E-state index contributed by atoms with van der Waals surface area (Å²) in [7, 11) is 1.80. The number of hydrogen-bond acceptors (Lipinski definition) is 3. The van der Waals surface area contributed by atoms with Crippen molar-refractivity contribution in [3.05, 3.63) is 41.1 Å². The number of likely N-dealkylation sites (N-methyl/N-ethyl adjacent to an activating group) is 1. The molecule has 1 aliphatic heterocycles. The van der Waals surface area contributed by atoms with Gasteiger partial charge in [0, 0.05) is 44.2 Å². The molecule has 3 rings (SSSR count). The summed E-state index contributed by atoms with van der Waals surface area (Å²) in [6.07, 6.45) is 2.66. The first-order valence-corrected chi connectivity index (χ1v) is 8.87. The van der Waals surface area contributed by atoms with E-state index in [0.29, 0.717) is 25.1 Å². The third-order valence-corrected chi connectivity index (χ3v) is 4.87. The van der Waals surface area contributed by atoms with E-state index in [0.717, 1.165) is 41.5 Å². The van der Waals surface area contributed by atoms with E-state index < -0.39 is 0 Å². The standard InChI is InChI=1S/C20H25N3O2/c1-14-7-6-8-16-17(13-15(2)21-19(14)16)20(25)22(3)11-12-23-10-5-4-9-18(23)24/h6-8,13H,4-5,9-12H2,1-3H3. The van der Waals surface area contributed by atoms with Crippen LogP contribution in [0, 0.1) is 13.8 Å². The Kier molecular flexibility index (Phi) is 5.02. The monoisotopic (exact) mass is 339 g/mol. The molecular formula is C20H25N3O2. The molecule has 0 N–H and O–H groups in total. The molecular weight excluding hydrogens is 314 g/mol. The first-order valence-electron chi connectivity index (χ1n) is 8.87. The van der Waals surface area contributed by atoms with Gasteiger partial charge in [-0.1, -0.05) is 18.2 Å². The average Bonchev–Trinajstić information content (AvgIpc) is 2.60. The second-order valence-corrected chi connectivity index (χ2v) is 6.85. The quantitative estimate of drug-likeness (QED) is 0.860. The lowest BCUT2D eigenvalue weighted by atomic mass is 10.0. The number of fused-ring (bicyclic) bond motifs is 1. The number of hydrogen-bond donors (Lipinski definition) is 0.